The molecule has 1 N–H and O–H groups in total. The SMILES string of the molecule is O=c1[nH]c2sccc2c2nc(-c3ccncc3)nn12. The maximum absolute atomic E-state index is 11.9. The van der Waals surface area contributed by atoms with Crippen LogP contribution in [0.5, 0.6) is 0 Å². The van der Waals surface area contributed by atoms with Crippen LogP contribution in [-0.4, -0.2) is 24.6 Å². The molecular weight excluding hydrogens is 262 g/mol. The fourth-order valence-electron chi connectivity index (χ4n) is 1.98. The molecule has 0 atom stereocenters. The number of H-pyrrole nitrogens is 1. The van der Waals surface area contributed by atoms with E-state index in [1.165, 1.54) is 15.9 Å². The van der Waals surface area contributed by atoms with Gasteiger partial charge in [-0.15, -0.1) is 16.4 Å². The average molecular weight is 269 g/mol. The van der Waals surface area contributed by atoms with Crippen LogP contribution in [0.15, 0.2) is 40.8 Å². The second-order valence-electron chi connectivity index (χ2n) is 4.00. The molecule has 0 aliphatic carbocycles. The fraction of sp³-hybridized carbons (Fsp3) is 0. The minimum atomic E-state index is -0.280. The summed E-state index contributed by atoms with van der Waals surface area (Å²) in [7, 11) is 0. The predicted molar refractivity (Wildman–Crippen MR) is 72.2 cm³/mol. The number of aromatic amines is 1. The molecule has 0 fully saturated rings. The van der Waals surface area contributed by atoms with Gasteiger partial charge in [0.15, 0.2) is 11.5 Å². The van der Waals surface area contributed by atoms with E-state index >= 15 is 0 Å². The summed E-state index contributed by atoms with van der Waals surface area (Å²) in [6.45, 7) is 0. The van der Waals surface area contributed by atoms with Gasteiger partial charge in [0.2, 0.25) is 0 Å². The fourth-order valence-corrected chi connectivity index (χ4v) is 2.76. The maximum atomic E-state index is 11.9. The van der Waals surface area contributed by atoms with Gasteiger partial charge in [0, 0.05) is 18.0 Å². The maximum Gasteiger partial charge on any atom is 0.349 e. The Morgan fingerprint density at radius 3 is 2.89 bits per heavy atom. The van der Waals surface area contributed by atoms with Crippen molar-refractivity contribution < 1.29 is 0 Å². The monoisotopic (exact) mass is 269 g/mol. The Hall–Kier alpha value is -2.54. The van der Waals surface area contributed by atoms with E-state index in [0.29, 0.717) is 11.5 Å². The number of hydrogen-bond acceptors (Lipinski definition) is 5. The Bertz CT molecular complexity index is 937. The first-order valence-electron chi connectivity index (χ1n) is 5.59. The smallest absolute Gasteiger partial charge is 0.297 e. The van der Waals surface area contributed by atoms with Crippen LogP contribution < -0.4 is 5.69 Å². The van der Waals surface area contributed by atoms with Crippen LogP contribution in [0.25, 0.3) is 27.3 Å². The van der Waals surface area contributed by atoms with Crippen LogP contribution >= 0.6 is 11.3 Å². The van der Waals surface area contributed by atoms with E-state index < -0.39 is 0 Å². The molecule has 4 rings (SSSR count). The molecule has 92 valence electrons. The number of fused-ring (bicyclic) bond motifs is 3. The summed E-state index contributed by atoms with van der Waals surface area (Å²) in [4.78, 5) is 23.9. The Labute approximate surface area is 110 Å². The van der Waals surface area contributed by atoms with Crippen LogP contribution in [0, 0.1) is 0 Å². The van der Waals surface area contributed by atoms with E-state index in [9.17, 15) is 4.79 Å². The number of thiophene rings is 1. The number of hydrogen-bond donors (Lipinski definition) is 1. The topological polar surface area (TPSA) is 75.9 Å². The Kier molecular flexibility index (Phi) is 2.04. The highest BCUT2D eigenvalue weighted by molar-refractivity contribution is 7.16. The van der Waals surface area contributed by atoms with Crippen molar-refractivity contribution in [2.75, 3.05) is 0 Å². The summed E-state index contributed by atoms with van der Waals surface area (Å²) in [6, 6.07) is 5.55. The molecule has 4 aromatic heterocycles. The molecule has 0 saturated heterocycles. The zero-order valence-electron chi connectivity index (χ0n) is 9.57. The zero-order chi connectivity index (χ0) is 12.8. The third-order valence-corrected chi connectivity index (χ3v) is 3.69. The first kappa shape index (κ1) is 10.4. The van der Waals surface area contributed by atoms with Crippen LogP contribution in [0.4, 0.5) is 0 Å². The first-order chi connectivity index (χ1) is 9.33. The van der Waals surface area contributed by atoms with Gasteiger partial charge in [-0.1, -0.05) is 0 Å². The molecule has 0 aliphatic rings. The third-order valence-electron chi connectivity index (χ3n) is 2.86. The standard InChI is InChI=1S/C12H7N5OS/c18-12-15-11-8(3-6-19-11)10-14-9(16-17(10)12)7-1-4-13-5-2-7/h1-6H,(H,15,18). The number of nitrogens with zero attached hydrogens (tertiary/aromatic N) is 4. The van der Waals surface area contributed by atoms with E-state index in [2.05, 4.69) is 20.1 Å². The van der Waals surface area contributed by atoms with Gasteiger partial charge in [0.25, 0.3) is 0 Å². The summed E-state index contributed by atoms with van der Waals surface area (Å²) in [5.74, 6) is 0.520. The zero-order valence-corrected chi connectivity index (χ0v) is 10.4. The van der Waals surface area contributed by atoms with Gasteiger partial charge in [0.1, 0.15) is 4.83 Å². The van der Waals surface area contributed by atoms with Crippen molar-refractivity contribution >= 4 is 27.2 Å². The molecule has 0 aromatic carbocycles. The summed E-state index contributed by atoms with van der Waals surface area (Å²) in [5.41, 5.74) is 1.13. The highest BCUT2D eigenvalue weighted by Crippen LogP contribution is 2.22. The van der Waals surface area contributed by atoms with Gasteiger partial charge in [-0.3, -0.25) is 9.97 Å². The van der Waals surface area contributed by atoms with Gasteiger partial charge in [0.05, 0.1) is 5.39 Å². The lowest BCUT2D eigenvalue weighted by Crippen LogP contribution is -2.16. The number of nitrogens with one attached hydrogen (secondary N) is 1. The van der Waals surface area contributed by atoms with Crippen molar-refractivity contribution in [3.63, 3.8) is 0 Å². The lowest BCUT2D eigenvalue weighted by molar-refractivity contribution is 0.887. The van der Waals surface area contributed by atoms with Crippen molar-refractivity contribution in [3.05, 3.63) is 46.5 Å². The number of aromatic nitrogens is 5. The van der Waals surface area contributed by atoms with Gasteiger partial charge in [-0.25, -0.2) is 9.78 Å². The molecule has 0 radical (unpaired) electrons. The molecule has 4 heterocycles. The quantitative estimate of drug-likeness (QED) is 0.570. The van der Waals surface area contributed by atoms with Crippen molar-refractivity contribution in [3.8, 4) is 11.4 Å². The highest BCUT2D eigenvalue weighted by Gasteiger charge is 2.12. The number of rotatable bonds is 1. The Morgan fingerprint density at radius 2 is 2.05 bits per heavy atom. The van der Waals surface area contributed by atoms with Crippen molar-refractivity contribution in [1.29, 1.82) is 0 Å². The molecule has 0 unspecified atom stereocenters. The molecule has 6 nitrogen and oxygen atoms in total. The van der Waals surface area contributed by atoms with Gasteiger partial charge in [-0.05, 0) is 23.6 Å². The minimum absolute atomic E-state index is 0.280. The summed E-state index contributed by atoms with van der Waals surface area (Å²) >= 11 is 1.47. The van der Waals surface area contributed by atoms with Gasteiger partial charge >= 0.3 is 5.69 Å². The van der Waals surface area contributed by atoms with E-state index in [1.54, 1.807) is 12.4 Å². The second kappa shape index (κ2) is 3.72. The summed E-state index contributed by atoms with van der Waals surface area (Å²) < 4.78 is 1.30. The molecule has 0 amide bonds. The largest absolute Gasteiger partial charge is 0.349 e. The van der Waals surface area contributed by atoms with Crippen LogP contribution in [0.2, 0.25) is 0 Å². The van der Waals surface area contributed by atoms with Crippen LogP contribution in [0.1, 0.15) is 0 Å². The van der Waals surface area contributed by atoms with Gasteiger partial charge in [-0.2, -0.15) is 4.52 Å². The second-order valence-corrected chi connectivity index (χ2v) is 4.92. The molecule has 0 spiro atoms. The molecule has 0 bridgehead atoms. The normalized spacial score (nSPS) is 11.4. The molecule has 4 aromatic rings. The number of pyridine rings is 1. The molecule has 19 heavy (non-hydrogen) atoms. The lowest BCUT2D eigenvalue weighted by atomic mass is 10.2. The van der Waals surface area contributed by atoms with Crippen molar-refractivity contribution in [1.82, 2.24) is 24.6 Å². The third kappa shape index (κ3) is 1.48. The predicted octanol–water partition coefficient (Wildman–Crippen LogP) is 1.69. The molecule has 7 heteroatoms. The van der Waals surface area contributed by atoms with E-state index in [1.807, 2.05) is 23.6 Å². The minimum Gasteiger partial charge on any atom is -0.297 e. The van der Waals surface area contributed by atoms with Crippen molar-refractivity contribution in [2.45, 2.75) is 0 Å². The summed E-state index contributed by atoms with van der Waals surface area (Å²) in [6.07, 6.45) is 3.34. The van der Waals surface area contributed by atoms with Crippen molar-refractivity contribution in [2.24, 2.45) is 0 Å². The Morgan fingerprint density at radius 1 is 1.21 bits per heavy atom. The highest BCUT2D eigenvalue weighted by atomic mass is 32.1. The molecule has 0 aliphatic heterocycles. The van der Waals surface area contributed by atoms with Crippen LogP contribution in [-0.2, 0) is 0 Å². The average Bonchev–Trinajstić information content (AvgIpc) is 3.05. The van der Waals surface area contributed by atoms with E-state index in [0.717, 1.165) is 15.8 Å². The van der Waals surface area contributed by atoms with E-state index in [4.69, 9.17) is 0 Å². The van der Waals surface area contributed by atoms with Crippen LogP contribution in [0.3, 0.4) is 0 Å². The van der Waals surface area contributed by atoms with Gasteiger partial charge < -0.3 is 0 Å². The summed E-state index contributed by atoms with van der Waals surface area (Å²) in [5, 5.41) is 7.07. The van der Waals surface area contributed by atoms with E-state index in [-0.39, 0.29) is 5.69 Å². The molecule has 0 saturated carbocycles. The Balaban J connectivity index is 2.11. The molecular formula is C12H7N5OS. The first-order valence-corrected chi connectivity index (χ1v) is 6.47. The lowest BCUT2D eigenvalue weighted by Gasteiger charge is -1.91.